The fraction of sp³-hybridized carbons (Fsp3) is 0. The Morgan fingerprint density at radius 2 is 0.565 bits per heavy atom. The summed E-state index contributed by atoms with van der Waals surface area (Å²) in [5.41, 5.74) is 25.1. The van der Waals surface area contributed by atoms with Crippen LogP contribution >= 0.6 is 0 Å². The summed E-state index contributed by atoms with van der Waals surface area (Å²) in [6.07, 6.45) is 0. The molecule has 0 saturated heterocycles. The quantitative estimate of drug-likeness (QED) is 0.164. The molecule has 6 aromatic heterocycles. The molecule has 6 nitrogen and oxygen atoms in total. The first-order valence-electron chi connectivity index (χ1n) is 29.5. The number of benzene rings is 13. The number of para-hydroxylation sites is 9. The number of nitrogens with zero attached hydrogens (tertiary/aromatic N) is 6. The summed E-state index contributed by atoms with van der Waals surface area (Å²) < 4.78 is 10.1. The summed E-state index contributed by atoms with van der Waals surface area (Å²) in [7, 11) is 0. The second kappa shape index (κ2) is 15.8. The highest BCUT2D eigenvalue weighted by Crippen LogP contribution is 2.50. The highest BCUT2D eigenvalue weighted by Gasteiger charge is 2.45. The lowest BCUT2D eigenvalue weighted by Gasteiger charge is -2.44. The third kappa shape index (κ3) is 5.52. The number of hydrogen-bond acceptors (Lipinski definition) is 2. The fourth-order valence-corrected chi connectivity index (χ4v) is 16.2. The maximum absolute atomic E-state index is 2.59. The van der Waals surface area contributed by atoms with Gasteiger partial charge in [0.1, 0.15) is 0 Å². The van der Waals surface area contributed by atoms with Gasteiger partial charge in [-0.05, 0) is 113 Å². The van der Waals surface area contributed by atoms with Gasteiger partial charge in [-0.1, -0.05) is 176 Å². The molecular weight excluding hydrogens is 1030 g/mol. The molecule has 85 heavy (non-hydrogen) atoms. The monoisotopic (exact) mass is 1080 g/mol. The molecular formula is C78H45BN6. The van der Waals surface area contributed by atoms with E-state index in [1.807, 2.05) is 0 Å². The van der Waals surface area contributed by atoms with Gasteiger partial charge in [-0.25, -0.2) is 0 Å². The largest absolute Gasteiger partial charge is 0.311 e. The van der Waals surface area contributed by atoms with Gasteiger partial charge < -0.3 is 27.7 Å². The highest BCUT2D eigenvalue weighted by molar-refractivity contribution is 7.00. The van der Waals surface area contributed by atoms with E-state index in [4.69, 9.17) is 0 Å². The van der Waals surface area contributed by atoms with Gasteiger partial charge in [0.15, 0.2) is 0 Å². The number of rotatable bonds is 4. The van der Waals surface area contributed by atoms with Gasteiger partial charge in [-0.2, -0.15) is 0 Å². The maximum Gasteiger partial charge on any atom is 0.252 e. The Labute approximate surface area is 486 Å². The van der Waals surface area contributed by atoms with Crippen molar-refractivity contribution in [3.8, 4) is 11.4 Å². The number of fused-ring (bicyclic) bond motifs is 22. The zero-order chi connectivity index (χ0) is 54.9. The van der Waals surface area contributed by atoms with Crippen LogP contribution in [0.5, 0.6) is 0 Å². The Balaban J connectivity index is 0.913. The van der Waals surface area contributed by atoms with Gasteiger partial charge in [0.2, 0.25) is 0 Å². The number of hydrogen-bond donors (Lipinski definition) is 0. The van der Waals surface area contributed by atoms with Crippen LogP contribution in [0.15, 0.2) is 273 Å². The van der Waals surface area contributed by atoms with E-state index in [2.05, 4.69) is 301 Å². The van der Waals surface area contributed by atoms with Crippen molar-refractivity contribution in [3.63, 3.8) is 0 Å². The number of aromatic nitrogens is 4. The van der Waals surface area contributed by atoms with E-state index >= 15 is 0 Å². The maximum atomic E-state index is 2.59. The van der Waals surface area contributed by atoms with Gasteiger partial charge >= 0.3 is 0 Å². The van der Waals surface area contributed by atoms with E-state index < -0.39 is 0 Å². The minimum Gasteiger partial charge on any atom is -0.311 e. The van der Waals surface area contributed by atoms with Gasteiger partial charge in [0, 0.05) is 104 Å². The molecule has 0 atom stereocenters. The molecule has 390 valence electrons. The Morgan fingerprint density at radius 1 is 0.212 bits per heavy atom. The first-order chi connectivity index (χ1) is 42.2. The van der Waals surface area contributed by atoms with Crippen molar-refractivity contribution < 1.29 is 0 Å². The molecule has 0 aliphatic carbocycles. The summed E-state index contributed by atoms with van der Waals surface area (Å²) in [6.45, 7) is -0.140. The molecule has 0 radical (unpaired) electrons. The van der Waals surface area contributed by atoms with Crippen LogP contribution < -0.4 is 26.2 Å². The van der Waals surface area contributed by atoms with Crippen molar-refractivity contribution in [3.05, 3.63) is 273 Å². The van der Waals surface area contributed by atoms with Crippen LogP contribution in [0.3, 0.4) is 0 Å². The van der Waals surface area contributed by atoms with Gasteiger partial charge in [0.25, 0.3) is 6.71 Å². The lowest BCUT2D eigenvalue weighted by molar-refractivity contribution is 1.15. The lowest BCUT2D eigenvalue weighted by atomic mass is 9.33. The Hall–Kier alpha value is -11.3. The summed E-state index contributed by atoms with van der Waals surface area (Å²) in [5.74, 6) is 0. The first-order valence-corrected chi connectivity index (χ1v) is 29.5. The Bertz CT molecular complexity index is 5810. The van der Waals surface area contributed by atoms with E-state index in [0.717, 1.165) is 45.2 Å². The standard InChI is InChI=1S/C78H45BN6/c1-3-19-46(20-4-1)80-72-44-70-60(57-30-17-28-55-52-25-9-15-35-67(52)84(70)77(55)57)42-62(72)79-63-43-61-58-31-18-29-56-53-26-10-16-36-68(53)85(78(56)58)71(61)45-73(63)81(47-21-5-2-6-22-47)75-41-49(40-74(80)76(75)79)83-66-34-14-11-27-54(66)59-39-48(37-38-69(59)83)82-64-32-12-7-23-50(64)51-24-8-13-33-65(51)82/h1-45H. The van der Waals surface area contributed by atoms with E-state index in [0.29, 0.717) is 0 Å². The SMILES string of the molecule is c1ccc(N2c3cc4c(cc3B3c5cc6c7cccc8c9ccccc9n(c6cc5N(c5ccccc5)c5cc(-n6c9ccccc9c9cc(-n%10c%11ccccc%11c%11ccccc%11%10)ccc96)cc2c53)c87)c2cccc3c5ccccc5n4c32)cc1. The predicted molar refractivity (Wildman–Crippen MR) is 358 cm³/mol. The minimum atomic E-state index is -0.140. The molecule has 2 aliphatic rings. The van der Waals surface area contributed by atoms with Crippen LogP contribution in [0.25, 0.3) is 131 Å². The summed E-state index contributed by atoms with van der Waals surface area (Å²) in [6, 6.07) is 103. The van der Waals surface area contributed by atoms with Crippen LogP contribution in [-0.2, 0) is 0 Å². The second-order valence-electron chi connectivity index (χ2n) is 23.6. The predicted octanol–water partition coefficient (Wildman–Crippen LogP) is 18.3. The third-order valence-electron chi connectivity index (χ3n) is 19.5. The average molecular weight is 1080 g/mol. The smallest absolute Gasteiger partial charge is 0.252 e. The van der Waals surface area contributed by atoms with Crippen LogP contribution in [0.2, 0.25) is 0 Å². The topological polar surface area (TPSA) is 25.2 Å². The number of anilines is 6. The second-order valence-corrected chi connectivity index (χ2v) is 23.6. The Morgan fingerprint density at radius 3 is 1.04 bits per heavy atom. The van der Waals surface area contributed by atoms with Crippen LogP contribution in [0.4, 0.5) is 34.1 Å². The van der Waals surface area contributed by atoms with Crippen molar-refractivity contribution in [1.82, 2.24) is 17.9 Å². The van der Waals surface area contributed by atoms with Crippen LogP contribution in [-0.4, -0.2) is 24.6 Å². The fourth-order valence-electron chi connectivity index (χ4n) is 16.2. The van der Waals surface area contributed by atoms with Gasteiger partial charge in [-0.3, -0.25) is 0 Å². The normalized spacial score (nSPS) is 13.3. The van der Waals surface area contributed by atoms with Crippen molar-refractivity contribution >= 4 is 177 Å². The van der Waals surface area contributed by atoms with Crippen molar-refractivity contribution in [1.29, 1.82) is 0 Å². The molecule has 0 saturated carbocycles. The third-order valence-corrected chi connectivity index (χ3v) is 19.5. The molecule has 0 spiro atoms. The van der Waals surface area contributed by atoms with Crippen LogP contribution in [0.1, 0.15) is 0 Å². The molecule has 13 aromatic carbocycles. The molecule has 0 unspecified atom stereocenters. The van der Waals surface area contributed by atoms with E-state index in [1.165, 1.54) is 137 Å². The molecule has 0 fully saturated rings. The molecule has 8 heterocycles. The Kier molecular flexibility index (Phi) is 8.27. The molecule has 0 amide bonds. The molecule has 0 bridgehead atoms. The summed E-state index contributed by atoms with van der Waals surface area (Å²) >= 11 is 0. The summed E-state index contributed by atoms with van der Waals surface area (Å²) in [5, 5.41) is 15.1. The zero-order valence-electron chi connectivity index (χ0n) is 45.7. The molecule has 0 N–H and O–H groups in total. The van der Waals surface area contributed by atoms with E-state index in [-0.39, 0.29) is 6.71 Å². The lowest BCUT2D eigenvalue weighted by Crippen LogP contribution is -2.61. The van der Waals surface area contributed by atoms with Gasteiger partial charge in [-0.15, -0.1) is 0 Å². The van der Waals surface area contributed by atoms with Crippen molar-refractivity contribution in [2.45, 2.75) is 0 Å². The molecule has 7 heteroatoms. The molecule has 21 rings (SSSR count). The first kappa shape index (κ1) is 44.4. The van der Waals surface area contributed by atoms with E-state index in [9.17, 15) is 0 Å². The highest BCUT2D eigenvalue weighted by atomic mass is 15.2. The molecule has 2 aliphatic heterocycles. The average Bonchev–Trinajstić information content (AvgIpc) is 2.44. The van der Waals surface area contributed by atoms with Crippen molar-refractivity contribution in [2.75, 3.05) is 9.80 Å². The zero-order valence-corrected chi connectivity index (χ0v) is 45.7. The molecule has 19 aromatic rings. The summed E-state index contributed by atoms with van der Waals surface area (Å²) in [4.78, 5) is 5.18. The van der Waals surface area contributed by atoms with Crippen LogP contribution in [0, 0.1) is 0 Å². The minimum absolute atomic E-state index is 0.140. The van der Waals surface area contributed by atoms with E-state index in [1.54, 1.807) is 0 Å². The van der Waals surface area contributed by atoms with Crippen molar-refractivity contribution in [2.24, 2.45) is 0 Å². The van der Waals surface area contributed by atoms with Gasteiger partial charge in [0.05, 0.1) is 60.9 Å².